The molecular weight excluding hydrogens is 365 g/mol. The zero-order valence-electron chi connectivity index (χ0n) is 15.3. The van der Waals surface area contributed by atoms with E-state index in [2.05, 4.69) is 25.8 Å². The Morgan fingerprint density at radius 3 is 2.68 bits per heavy atom. The summed E-state index contributed by atoms with van der Waals surface area (Å²) in [5, 5.41) is 13.9. The molecule has 0 atom stereocenters. The third-order valence-corrected chi connectivity index (χ3v) is 4.92. The summed E-state index contributed by atoms with van der Waals surface area (Å²) in [5.74, 6) is -0.596. The summed E-state index contributed by atoms with van der Waals surface area (Å²) in [6.07, 6.45) is 3.13. The van der Waals surface area contributed by atoms with E-state index in [1.807, 2.05) is 4.90 Å². The molecule has 0 spiro atoms. The van der Waals surface area contributed by atoms with Crippen LogP contribution in [-0.4, -0.2) is 53.4 Å². The summed E-state index contributed by atoms with van der Waals surface area (Å²) in [7, 11) is 0. The van der Waals surface area contributed by atoms with Gasteiger partial charge in [-0.2, -0.15) is 4.98 Å². The van der Waals surface area contributed by atoms with E-state index >= 15 is 0 Å². The van der Waals surface area contributed by atoms with Crippen molar-refractivity contribution < 1.29 is 13.9 Å². The minimum Gasteiger partial charge on any atom is -0.378 e. The van der Waals surface area contributed by atoms with Crippen LogP contribution in [0.3, 0.4) is 0 Å². The van der Waals surface area contributed by atoms with E-state index in [1.165, 1.54) is 6.07 Å². The molecule has 10 heteroatoms. The number of amides is 1. The van der Waals surface area contributed by atoms with Crippen molar-refractivity contribution in [3.05, 3.63) is 29.7 Å². The summed E-state index contributed by atoms with van der Waals surface area (Å²) in [5.41, 5.74) is 6.36. The van der Waals surface area contributed by atoms with Gasteiger partial charge in [-0.1, -0.05) is 0 Å². The third kappa shape index (κ3) is 3.96. The van der Waals surface area contributed by atoms with Gasteiger partial charge in [0.2, 0.25) is 5.95 Å². The van der Waals surface area contributed by atoms with Gasteiger partial charge in [-0.15, -0.1) is 10.2 Å². The molecule has 2 aromatic rings. The Kier molecular flexibility index (Phi) is 5.20. The highest BCUT2D eigenvalue weighted by atomic mass is 19.1. The van der Waals surface area contributed by atoms with Gasteiger partial charge in [0, 0.05) is 24.8 Å². The number of anilines is 4. The number of primary amides is 1. The molecule has 1 aliphatic heterocycles. The number of nitrogens with two attached hydrogens (primary N) is 1. The summed E-state index contributed by atoms with van der Waals surface area (Å²) in [4.78, 5) is 17.8. The number of ether oxygens (including phenoxy) is 1. The lowest BCUT2D eigenvalue weighted by atomic mass is 9.93. The van der Waals surface area contributed by atoms with Crippen LogP contribution in [0.1, 0.15) is 29.8 Å². The molecule has 28 heavy (non-hydrogen) atoms. The molecule has 1 amide bonds. The van der Waals surface area contributed by atoms with Gasteiger partial charge in [0.15, 0.2) is 11.5 Å². The number of hydrogen-bond donors (Lipinski definition) is 3. The largest absolute Gasteiger partial charge is 0.378 e. The van der Waals surface area contributed by atoms with E-state index in [0.29, 0.717) is 43.5 Å². The summed E-state index contributed by atoms with van der Waals surface area (Å²) >= 11 is 0. The van der Waals surface area contributed by atoms with Crippen LogP contribution in [0.25, 0.3) is 0 Å². The van der Waals surface area contributed by atoms with Crippen molar-refractivity contribution in [2.75, 3.05) is 41.8 Å². The van der Waals surface area contributed by atoms with Crippen molar-refractivity contribution in [1.82, 2.24) is 15.2 Å². The number of carbonyl (C=O) groups is 1. The maximum Gasteiger partial charge on any atom is 0.273 e. The SMILES string of the molecule is NC(=O)c1nnc(Nc2ccc(N3CCOCC3)c(F)c2)nc1NC1CCC1. The Morgan fingerprint density at radius 1 is 1.25 bits per heavy atom. The molecule has 2 aliphatic rings. The standard InChI is InChI=1S/C18H22FN7O2/c19-13-10-12(4-5-14(13)26-6-8-28-9-7-26)22-18-23-17(21-11-2-1-3-11)15(16(20)27)24-25-18/h4-5,10-11H,1-3,6-9H2,(H2,20,27)(H2,21,22,23,25). The van der Waals surface area contributed by atoms with Crippen LogP contribution < -0.4 is 21.3 Å². The summed E-state index contributed by atoms with van der Waals surface area (Å²) in [6.45, 7) is 2.48. The lowest BCUT2D eigenvalue weighted by molar-refractivity contribution is 0.0995. The van der Waals surface area contributed by atoms with E-state index in [0.717, 1.165) is 19.3 Å². The maximum absolute atomic E-state index is 14.6. The number of carbonyl (C=O) groups excluding carboxylic acids is 1. The molecule has 0 bridgehead atoms. The van der Waals surface area contributed by atoms with Crippen LogP contribution in [-0.2, 0) is 4.74 Å². The highest BCUT2D eigenvalue weighted by molar-refractivity contribution is 5.95. The van der Waals surface area contributed by atoms with Crippen molar-refractivity contribution in [2.45, 2.75) is 25.3 Å². The van der Waals surface area contributed by atoms with Crippen molar-refractivity contribution in [2.24, 2.45) is 5.73 Å². The number of morpholine rings is 1. The number of nitrogens with zero attached hydrogens (tertiary/aromatic N) is 4. The fourth-order valence-electron chi connectivity index (χ4n) is 3.17. The topological polar surface area (TPSA) is 118 Å². The molecule has 1 saturated heterocycles. The van der Waals surface area contributed by atoms with Gasteiger partial charge in [-0.05, 0) is 37.5 Å². The van der Waals surface area contributed by atoms with Crippen molar-refractivity contribution in [3.63, 3.8) is 0 Å². The second-order valence-electron chi connectivity index (χ2n) is 6.86. The number of aromatic nitrogens is 3. The Balaban J connectivity index is 1.52. The molecule has 9 nitrogen and oxygen atoms in total. The van der Waals surface area contributed by atoms with Crippen LogP contribution in [0.2, 0.25) is 0 Å². The molecule has 148 valence electrons. The second kappa shape index (κ2) is 7.93. The number of benzene rings is 1. The van der Waals surface area contributed by atoms with E-state index in [9.17, 15) is 9.18 Å². The fraction of sp³-hybridized carbons (Fsp3) is 0.444. The number of nitrogens with one attached hydrogen (secondary N) is 2. The van der Waals surface area contributed by atoms with Crippen molar-refractivity contribution in [3.8, 4) is 0 Å². The molecule has 1 aromatic heterocycles. The van der Waals surface area contributed by atoms with Gasteiger partial charge < -0.3 is 26.0 Å². The third-order valence-electron chi connectivity index (χ3n) is 4.92. The highest BCUT2D eigenvalue weighted by Gasteiger charge is 2.22. The Bertz CT molecular complexity index is 869. The quantitative estimate of drug-likeness (QED) is 0.685. The monoisotopic (exact) mass is 387 g/mol. The molecule has 2 heterocycles. The van der Waals surface area contributed by atoms with Crippen LogP contribution in [0.15, 0.2) is 18.2 Å². The zero-order chi connectivity index (χ0) is 19.5. The normalized spacial score (nSPS) is 17.1. The first-order valence-electron chi connectivity index (χ1n) is 9.30. The molecule has 4 rings (SSSR count). The smallest absolute Gasteiger partial charge is 0.273 e. The van der Waals surface area contributed by atoms with E-state index < -0.39 is 5.91 Å². The molecule has 4 N–H and O–H groups in total. The van der Waals surface area contributed by atoms with E-state index in [1.54, 1.807) is 12.1 Å². The van der Waals surface area contributed by atoms with Gasteiger partial charge in [-0.25, -0.2) is 4.39 Å². The van der Waals surface area contributed by atoms with E-state index in [-0.39, 0.29) is 23.5 Å². The van der Waals surface area contributed by atoms with Crippen LogP contribution >= 0.6 is 0 Å². The molecule has 1 aromatic carbocycles. The van der Waals surface area contributed by atoms with Crippen molar-refractivity contribution in [1.29, 1.82) is 0 Å². The molecule has 2 fully saturated rings. The highest BCUT2D eigenvalue weighted by Crippen LogP contribution is 2.26. The molecule has 0 radical (unpaired) electrons. The maximum atomic E-state index is 14.6. The Hall–Kier alpha value is -3.01. The van der Waals surface area contributed by atoms with Crippen LogP contribution in [0.4, 0.5) is 27.5 Å². The van der Waals surface area contributed by atoms with Gasteiger partial charge in [-0.3, -0.25) is 4.79 Å². The van der Waals surface area contributed by atoms with Gasteiger partial charge in [0.25, 0.3) is 5.91 Å². The number of rotatable bonds is 6. The first-order chi connectivity index (χ1) is 13.6. The molecule has 1 saturated carbocycles. The molecular formula is C18H22FN7O2. The Morgan fingerprint density at radius 2 is 2.04 bits per heavy atom. The minimum absolute atomic E-state index is 0.00806. The lowest BCUT2D eigenvalue weighted by Gasteiger charge is -2.29. The van der Waals surface area contributed by atoms with Gasteiger partial charge in [0.05, 0.1) is 18.9 Å². The second-order valence-corrected chi connectivity index (χ2v) is 6.86. The fourth-order valence-corrected chi connectivity index (χ4v) is 3.17. The van der Waals surface area contributed by atoms with Gasteiger partial charge >= 0.3 is 0 Å². The van der Waals surface area contributed by atoms with E-state index in [4.69, 9.17) is 10.5 Å². The molecule has 1 aliphatic carbocycles. The predicted molar refractivity (Wildman–Crippen MR) is 102 cm³/mol. The van der Waals surface area contributed by atoms with Crippen LogP contribution in [0, 0.1) is 5.82 Å². The zero-order valence-corrected chi connectivity index (χ0v) is 15.3. The first kappa shape index (κ1) is 18.4. The number of hydrogen-bond acceptors (Lipinski definition) is 8. The summed E-state index contributed by atoms with van der Waals surface area (Å²) in [6, 6.07) is 5.09. The number of halogens is 1. The average Bonchev–Trinajstić information content (AvgIpc) is 2.65. The minimum atomic E-state index is -0.700. The molecule has 0 unspecified atom stereocenters. The summed E-state index contributed by atoms with van der Waals surface area (Å²) < 4.78 is 19.9. The predicted octanol–water partition coefficient (Wildman–Crippen LogP) is 1.65. The van der Waals surface area contributed by atoms with Crippen LogP contribution in [0.5, 0.6) is 0 Å². The van der Waals surface area contributed by atoms with Crippen molar-refractivity contribution >= 4 is 29.0 Å². The van der Waals surface area contributed by atoms with Gasteiger partial charge in [0.1, 0.15) is 5.82 Å². The first-order valence-corrected chi connectivity index (χ1v) is 9.30. The average molecular weight is 387 g/mol. The Labute approximate surface area is 161 Å². The lowest BCUT2D eigenvalue weighted by Crippen LogP contribution is -2.36.